The quantitative estimate of drug-likeness (QED) is 0.833. The molecule has 0 aliphatic rings. The molecule has 0 fully saturated rings. The number of rotatable bonds is 3. The predicted octanol–water partition coefficient (Wildman–Crippen LogP) is 5.29. The van der Waals surface area contributed by atoms with Crippen LogP contribution in [0.3, 0.4) is 0 Å². The van der Waals surface area contributed by atoms with Crippen LogP contribution < -0.4 is 5.73 Å². The van der Waals surface area contributed by atoms with Crippen LogP contribution >= 0.6 is 11.8 Å². The molecule has 3 heteroatoms. The Morgan fingerprint density at radius 3 is 2.19 bits per heavy atom. The van der Waals surface area contributed by atoms with E-state index in [0.717, 1.165) is 15.4 Å². The van der Waals surface area contributed by atoms with Crippen molar-refractivity contribution in [1.82, 2.24) is 0 Å². The highest BCUT2D eigenvalue weighted by Gasteiger charge is 2.14. The molecular formula is C18H22FNS. The van der Waals surface area contributed by atoms with Gasteiger partial charge in [-0.3, -0.25) is 0 Å². The molecule has 1 nitrogen and oxygen atoms in total. The van der Waals surface area contributed by atoms with Crippen LogP contribution in [0.4, 0.5) is 4.39 Å². The molecule has 2 aromatic carbocycles. The molecule has 21 heavy (non-hydrogen) atoms. The summed E-state index contributed by atoms with van der Waals surface area (Å²) in [6.45, 7) is 8.47. The standard InChI is InChI=1S/C18H22FNS/c1-12(20)16-11-14(19)7-10-17(16)21-15-8-5-13(6-9-15)18(2,3)4/h5-12H,20H2,1-4H3/t12-/m0/s1. The number of nitrogens with two attached hydrogens (primary N) is 1. The maximum absolute atomic E-state index is 13.4. The van der Waals surface area contributed by atoms with Gasteiger partial charge < -0.3 is 5.73 Å². The second-order valence-electron chi connectivity index (χ2n) is 6.35. The van der Waals surface area contributed by atoms with Gasteiger partial charge in [0, 0.05) is 15.8 Å². The number of hydrogen-bond donors (Lipinski definition) is 1. The average molecular weight is 303 g/mol. The number of benzene rings is 2. The smallest absolute Gasteiger partial charge is 0.123 e. The zero-order valence-corrected chi connectivity index (χ0v) is 13.8. The molecule has 2 N–H and O–H groups in total. The molecule has 0 radical (unpaired) electrons. The minimum absolute atomic E-state index is 0.149. The molecule has 1 atom stereocenters. The first-order chi connectivity index (χ1) is 9.77. The van der Waals surface area contributed by atoms with Gasteiger partial charge in [0.2, 0.25) is 0 Å². The summed E-state index contributed by atoms with van der Waals surface area (Å²) in [6.07, 6.45) is 0. The van der Waals surface area contributed by atoms with Crippen molar-refractivity contribution in [2.24, 2.45) is 5.73 Å². The summed E-state index contributed by atoms with van der Waals surface area (Å²) in [7, 11) is 0. The average Bonchev–Trinajstić information content (AvgIpc) is 2.40. The molecule has 0 saturated carbocycles. The predicted molar refractivity (Wildman–Crippen MR) is 88.3 cm³/mol. The van der Waals surface area contributed by atoms with Gasteiger partial charge in [-0.1, -0.05) is 44.7 Å². The third-order valence-corrected chi connectivity index (χ3v) is 4.51. The topological polar surface area (TPSA) is 26.0 Å². The fourth-order valence-corrected chi connectivity index (χ4v) is 3.14. The fraction of sp³-hybridized carbons (Fsp3) is 0.333. The Bertz CT molecular complexity index is 612. The maximum atomic E-state index is 13.4. The van der Waals surface area contributed by atoms with Crippen LogP contribution in [0.2, 0.25) is 0 Å². The third kappa shape index (κ3) is 4.08. The maximum Gasteiger partial charge on any atom is 0.123 e. The summed E-state index contributed by atoms with van der Waals surface area (Å²) in [6, 6.07) is 13.1. The lowest BCUT2D eigenvalue weighted by atomic mass is 9.87. The van der Waals surface area contributed by atoms with Gasteiger partial charge in [0.25, 0.3) is 0 Å². The minimum Gasteiger partial charge on any atom is -0.324 e. The first kappa shape index (κ1) is 16.1. The molecule has 0 aliphatic carbocycles. The van der Waals surface area contributed by atoms with E-state index in [1.807, 2.05) is 6.92 Å². The van der Waals surface area contributed by atoms with Gasteiger partial charge in [-0.25, -0.2) is 4.39 Å². The van der Waals surface area contributed by atoms with Crippen LogP contribution in [-0.2, 0) is 5.41 Å². The van der Waals surface area contributed by atoms with Gasteiger partial charge in [-0.2, -0.15) is 0 Å². The highest BCUT2D eigenvalue weighted by atomic mass is 32.2. The van der Waals surface area contributed by atoms with Crippen molar-refractivity contribution in [3.63, 3.8) is 0 Å². The van der Waals surface area contributed by atoms with Crippen LogP contribution in [0.25, 0.3) is 0 Å². The molecule has 0 amide bonds. The zero-order chi connectivity index (χ0) is 15.6. The van der Waals surface area contributed by atoms with E-state index in [-0.39, 0.29) is 17.3 Å². The third-order valence-electron chi connectivity index (χ3n) is 3.41. The van der Waals surface area contributed by atoms with Gasteiger partial charge >= 0.3 is 0 Å². The zero-order valence-electron chi connectivity index (χ0n) is 13.0. The summed E-state index contributed by atoms with van der Waals surface area (Å²) in [5, 5.41) is 0. The number of hydrogen-bond acceptors (Lipinski definition) is 2. The second kappa shape index (κ2) is 6.20. The summed E-state index contributed by atoms with van der Waals surface area (Å²) < 4.78 is 13.4. The molecule has 112 valence electrons. The molecular weight excluding hydrogens is 281 g/mol. The van der Waals surface area contributed by atoms with Crippen LogP contribution in [0.15, 0.2) is 52.3 Å². The summed E-state index contributed by atoms with van der Waals surface area (Å²) in [5.41, 5.74) is 8.24. The first-order valence-corrected chi connectivity index (χ1v) is 7.92. The van der Waals surface area contributed by atoms with Gasteiger partial charge in [0.15, 0.2) is 0 Å². The minimum atomic E-state index is -0.241. The van der Waals surface area contributed by atoms with E-state index in [2.05, 4.69) is 45.0 Å². The largest absolute Gasteiger partial charge is 0.324 e. The van der Waals surface area contributed by atoms with Crippen molar-refractivity contribution in [1.29, 1.82) is 0 Å². The molecule has 0 aromatic heterocycles. The molecule has 0 spiro atoms. The van der Waals surface area contributed by atoms with Crippen LogP contribution in [0, 0.1) is 5.82 Å². The van der Waals surface area contributed by atoms with Crippen molar-refractivity contribution in [3.8, 4) is 0 Å². The van der Waals surface area contributed by atoms with E-state index >= 15 is 0 Å². The van der Waals surface area contributed by atoms with Crippen LogP contribution in [-0.4, -0.2) is 0 Å². The van der Waals surface area contributed by atoms with Crippen molar-refractivity contribution < 1.29 is 4.39 Å². The van der Waals surface area contributed by atoms with E-state index in [9.17, 15) is 4.39 Å². The van der Waals surface area contributed by atoms with E-state index in [0.29, 0.717) is 0 Å². The van der Waals surface area contributed by atoms with E-state index in [4.69, 9.17) is 5.73 Å². The monoisotopic (exact) mass is 303 g/mol. The Morgan fingerprint density at radius 1 is 1.05 bits per heavy atom. The molecule has 2 aromatic rings. The molecule has 0 bridgehead atoms. The van der Waals surface area contributed by atoms with Crippen molar-refractivity contribution in [2.75, 3.05) is 0 Å². The lowest BCUT2D eigenvalue weighted by molar-refractivity contribution is 0.589. The Morgan fingerprint density at radius 2 is 1.67 bits per heavy atom. The van der Waals surface area contributed by atoms with E-state index in [1.54, 1.807) is 17.8 Å². The van der Waals surface area contributed by atoms with Crippen molar-refractivity contribution >= 4 is 11.8 Å². The molecule has 0 saturated heterocycles. The van der Waals surface area contributed by atoms with E-state index < -0.39 is 0 Å². The van der Waals surface area contributed by atoms with Crippen molar-refractivity contribution in [2.45, 2.75) is 48.9 Å². The van der Waals surface area contributed by atoms with Gasteiger partial charge in [0.1, 0.15) is 5.82 Å². The second-order valence-corrected chi connectivity index (χ2v) is 7.46. The lowest BCUT2D eigenvalue weighted by Crippen LogP contribution is -2.10. The molecule has 0 aliphatic heterocycles. The SMILES string of the molecule is C[C@H](N)c1cc(F)ccc1Sc1ccc(C(C)(C)C)cc1. The normalized spacial score (nSPS) is 13.2. The Balaban J connectivity index is 2.26. The Kier molecular flexibility index (Phi) is 4.74. The lowest BCUT2D eigenvalue weighted by Gasteiger charge is -2.19. The highest BCUT2D eigenvalue weighted by molar-refractivity contribution is 7.99. The van der Waals surface area contributed by atoms with E-state index in [1.165, 1.54) is 17.7 Å². The summed E-state index contributed by atoms with van der Waals surface area (Å²) >= 11 is 1.62. The molecule has 2 rings (SSSR count). The van der Waals surface area contributed by atoms with Crippen LogP contribution in [0.5, 0.6) is 0 Å². The highest BCUT2D eigenvalue weighted by Crippen LogP contribution is 2.34. The first-order valence-electron chi connectivity index (χ1n) is 7.11. The van der Waals surface area contributed by atoms with Crippen molar-refractivity contribution in [3.05, 3.63) is 59.4 Å². The summed E-state index contributed by atoms with van der Waals surface area (Å²) in [5.74, 6) is -0.241. The fourth-order valence-electron chi connectivity index (χ4n) is 2.12. The van der Waals surface area contributed by atoms with Gasteiger partial charge in [0.05, 0.1) is 0 Å². The van der Waals surface area contributed by atoms with Gasteiger partial charge in [-0.05, 0) is 53.8 Å². The molecule has 0 unspecified atom stereocenters. The van der Waals surface area contributed by atoms with Crippen LogP contribution in [0.1, 0.15) is 44.9 Å². The Labute approximate surface area is 130 Å². The molecule has 0 heterocycles. The number of halogens is 1. The Hall–Kier alpha value is -1.32. The summed E-state index contributed by atoms with van der Waals surface area (Å²) in [4.78, 5) is 2.14. The van der Waals surface area contributed by atoms with Gasteiger partial charge in [-0.15, -0.1) is 0 Å².